The lowest BCUT2D eigenvalue weighted by Crippen LogP contribution is -1.98. The second-order valence-corrected chi connectivity index (χ2v) is 9.41. The number of pyridine rings is 4. The van der Waals surface area contributed by atoms with Crippen LogP contribution in [0.2, 0.25) is 0 Å². The van der Waals surface area contributed by atoms with Crippen molar-refractivity contribution in [2.75, 3.05) is 0 Å². The van der Waals surface area contributed by atoms with E-state index in [0.29, 0.717) is 0 Å². The number of rotatable bonds is 0. The normalized spacial score (nSPS) is 12.4. The SMILES string of the molecule is c1ccc2c(c1)nc1c3nc4ccccc4c4c5ccccc5nc(c5nc6ccccc6c2c15)c34. The van der Waals surface area contributed by atoms with Gasteiger partial charge >= 0.3 is 0 Å². The van der Waals surface area contributed by atoms with E-state index in [1.54, 1.807) is 0 Å². The molecule has 0 unspecified atom stereocenters. The van der Waals surface area contributed by atoms with Gasteiger partial charge in [0.15, 0.2) is 0 Å². The van der Waals surface area contributed by atoms with Crippen LogP contribution in [0.25, 0.3) is 87.2 Å². The summed E-state index contributed by atoms with van der Waals surface area (Å²) in [4.78, 5) is 20.9. The van der Waals surface area contributed by atoms with Gasteiger partial charge in [-0.2, -0.15) is 0 Å². The van der Waals surface area contributed by atoms with Crippen molar-refractivity contribution < 1.29 is 0 Å². The van der Waals surface area contributed by atoms with Crippen LogP contribution in [0.4, 0.5) is 0 Å². The highest BCUT2D eigenvalue weighted by molar-refractivity contribution is 6.40. The first kappa shape index (κ1) is 18.4. The van der Waals surface area contributed by atoms with E-state index < -0.39 is 0 Å². The highest BCUT2D eigenvalue weighted by Gasteiger charge is 2.23. The summed E-state index contributed by atoms with van der Waals surface area (Å²) in [6.07, 6.45) is 0. The van der Waals surface area contributed by atoms with Crippen LogP contribution in [0, 0.1) is 0 Å². The van der Waals surface area contributed by atoms with Crippen molar-refractivity contribution in [2.24, 2.45) is 0 Å². The van der Waals surface area contributed by atoms with Crippen molar-refractivity contribution in [3.63, 3.8) is 0 Å². The van der Waals surface area contributed by atoms with Gasteiger partial charge in [0.25, 0.3) is 0 Å². The number of fused-ring (bicyclic) bond motifs is 10. The molecule has 0 spiro atoms. The fourth-order valence-corrected chi connectivity index (χ4v) is 6.05. The van der Waals surface area contributed by atoms with Crippen LogP contribution in [0.3, 0.4) is 0 Å². The molecule has 4 nitrogen and oxygen atoms in total. The number of nitrogens with zero attached hydrogens (tertiary/aromatic N) is 4. The van der Waals surface area contributed by atoms with Gasteiger partial charge in [0.1, 0.15) is 22.1 Å². The molecule has 0 saturated carbocycles. The predicted octanol–water partition coefficient (Wildman–Crippen LogP) is 7.93. The van der Waals surface area contributed by atoms with Gasteiger partial charge in [-0.1, -0.05) is 72.8 Å². The fourth-order valence-electron chi connectivity index (χ4n) is 6.05. The van der Waals surface area contributed by atoms with Crippen molar-refractivity contribution in [2.45, 2.75) is 0 Å². The van der Waals surface area contributed by atoms with Gasteiger partial charge < -0.3 is 0 Å². The largest absolute Gasteiger partial charge is 0.245 e. The maximum atomic E-state index is 5.22. The molecule has 0 saturated heterocycles. The van der Waals surface area contributed by atoms with Crippen molar-refractivity contribution in [1.82, 2.24) is 19.9 Å². The number of hydrogen-bond donors (Lipinski definition) is 0. The minimum atomic E-state index is 0.886. The summed E-state index contributed by atoms with van der Waals surface area (Å²) in [5.74, 6) is 0. The monoisotopic (exact) mass is 456 g/mol. The maximum Gasteiger partial charge on any atom is 0.100 e. The first-order chi connectivity index (χ1) is 17.9. The van der Waals surface area contributed by atoms with Crippen LogP contribution in [0.5, 0.6) is 0 Å². The zero-order valence-electron chi connectivity index (χ0n) is 19.0. The summed E-state index contributed by atoms with van der Waals surface area (Å²) >= 11 is 0. The first-order valence-corrected chi connectivity index (χ1v) is 12.1. The molecule has 0 aliphatic heterocycles. The Morgan fingerprint density at radius 2 is 0.528 bits per heavy atom. The molecule has 9 aromatic rings. The van der Waals surface area contributed by atoms with E-state index in [9.17, 15) is 0 Å². The van der Waals surface area contributed by atoms with Gasteiger partial charge in [0.05, 0.1) is 22.1 Å². The fraction of sp³-hybridized carbons (Fsp3) is 0. The zero-order chi connectivity index (χ0) is 23.4. The molecule has 0 radical (unpaired) electrons. The number of benzene rings is 5. The van der Waals surface area contributed by atoms with Crippen LogP contribution in [0.15, 0.2) is 97.1 Å². The van der Waals surface area contributed by atoms with E-state index in [-0.39, 0.29) is 0 Å². The molecule has 164 valence electrons. The Kier molecular flexibility index (Phi) is 3.25. The molecule has 36 heavy (non-hydrogen) atoms. The highest BCUT2D eigenvalue weighted by Crippen LogP contribution is 2.44. The third-order valence-corrected chi connectivity index (χ3v) is 7.52. The minimum Gasteiger partial charge on any atom is -0.245 e. The summed E-state index contributed by atoms with van der Waals surface area (Å²) < 4.78 is 0. The topological polar surface area (TPSA) is 51.6 Å². The van der Waals surface area contributed by atoms with Crippen LogP contribution >= 0.6 is 0 Å². The lowest BCUT2D eigenvalue weighted by molar-refractivity contribution is 1.44. The molecule has 4 aromatic heterocycles. The summed E-state index contributed by atoms with van der Waals surface area (Å²) in [5.41, 5.74) is 7.39. The van der Waals surface area contributed by atoms with Gasteiger partial charge in [0, 0.05) is 43.1 Å². The first-order valence-electron chi connectivity index (χ1n) is 12.1. The average Bonchev–Trinajstić information content (AvgIpc) is 2.94. The van der Waals surface area contributed by atoms with E-state index in [1.165, 1.54) is 10.8 Å². The quantitative estimate of drug-likeness (QED) is 0.172. The van der Waals surface area contributed by atoms with E-state index in [0.717, 1.165) is 76.5 Å². The molecule has 4 heteroatoms. The number of aromatic nitrogens is 4. The van der Waals surface area contributed by atoms with E-state index in [2.05, 4.69) is 72.8 Å². The predicted molar refractivity (Wildman–Crippen MR) is 149 cm³/mol. The van der Waals surface area contributed by atoms with Gasteiger partial charge in [-0.05, 0) is 24.3 Å². The molecule has 5 aromatic carbocycles. The van der Waals surface area contributed by atoms with Crippen molar-refractivity contribution in [1.29, 1.82) is 0 Å². The Morgan fingerprint density at radius 1 is 0.278 bits per heavy atom. The molecule has 9 rings (SSSR count). The summed E-state index contributed by atoms with van der Waals surface area (Å²) in [7, 11) is 0. The summed E-state index contributed by atoms with van der Waals surface area (Å²) in [5, 5.41) is 8.89. The third kappa shape index (κ3) is 2.15. The minimum absolute atomic E-state index is 0.886. The van der Waals surface area contributed by atoms with Crippen LogP contribution in [-0.4, -0.2) is 19.9 Å². The Bertz CT molecular complexity index is 2040. The second kappa shape index (κ2) is 6.37. The molecule has 0 aliphatic rings. The zero-order valence-corrected chi connectivity index (χ0v) is 19.0. The Labute approximate surface area is 204 Å². The van der Waals surface area contributed by atoms with E-state index in [1.807, 2.05) is 24.3 Å². The standard InChI is InChI=1S/C32H16N4/c1-5-13-21-17(9-1)25-18-10-2-6-14-22(18)34-30-27(25)29(33-21)31-28-26(19-11-3-7-15-23(19)35-31)20-12-4-8-16-24(20)36-32(28)30/h1-16H. The molecular formula is C32H16N4. The molecule has 0 fully saturated rings. The second-order valence-electron chi connectivity index (χ2n) is 9.41. The molecule has 0 aliphatic carbocycles. The van der Waals surface area contributed by atoms with Crippen LogP contribution in [0.1, 0.15) is 0 Å². The average molecular weight is 457 g/mol. The smallest absolute Gasteiger partial charge is 0.100 e. The molecule has 4 heterocycles. The van der Waals surface area contributed by atoms with Crippen LogP contribution in [-0.2, 0) is 0 Å². The molecule has 0 amide bonds. The molecule has 0 atom stereocenters. The Balaban J connectivity index is 1.75. The Morgan fingerprint density at radius 3 is 0.806 bits per heavy atom. The number of para-hydroxylation sites is 4. The summed E-state index contributed by atoms with van der Waals surface area (Å²) in [6, 6.07) is 33.5. The van der Waals surface area contributed by atoms with Crippen molar-refractivity contribution in [3.05, 3.63) is 97.1 Å². The van der Waals surface area contributed by atoms with Gasteiger partial charge in [0.2, 0.25) is 0 Å². The van der Waals surface area contributed by atoms with Crippen molar-refractivity contribution >= 4 is 87.2 Å². The van der Waals surface area contributed by atoms with Gasteiger partial charge in [-0.25, -0.2) is 19.9 Å². The molecule has 0 N–H and O–H groups in total. The molecular weight excluding hydrogens is 440 g/mol. The number of hydrogen-bond acceptors (Lipinski definition) is 4. The highest BCUT2D eigenvalue weighted by atomic mass is 14.8. The van der Waals surface area contributed by atoms with E-state index >= 15 is 0 Å². The van der Waals surface area contributed by atoms with Gasteiger partial charge in [-0.15, -0.1) is 0 Å². The Hall–Kier alpha value is -4.96. The lowest BCUT2D eigenvalue weighted by atomic mass is 9.93. The van der Waals surface area contributed by atoms with Crippen LogP contribution < -0.4 is 0 Å². The van der Waals surface area contributed by atoms with Crippen molar-refractivity contribution in [3.8, 4) is 0 Å². The summed E-state index contributed by atoms with van der Waals surface area (Å²) in [6.45, 7) is 0. The van der Waals surface area contributed by atoms with E-state index in [4.69, 9.17) is 19.9 Å². The van der Waals surface area contributed by atoms with Gasteiger partial charge in [-0.3, -0.25) is 0 Å². The lowest BCUT2D eigenvalue weighted by Gasteiger charge is -2.17. The molecule has 0 bridgehead atoms. The third-order valence-electron chi connectivity index (χ3n) is 7.52. The maximum absolute atomic E-state index is 5.22.